The second-order valence-electron chi connectivity index (χ2n) is 9.60. The minimum Gasteiger partial charge on any atom is -0.486 e. The Morgan fingerprint density at radius 3 is 2.65 bits per heavy atom. The maximum Gasteiger partial charge on any atom is 0.248 e. The number of carbonyl (C=O) groups is 2. The van der Waals surface area contributed by atoms with Gasteiger partial charge in [-0.25, -0.2) is 4.39 Å². The lowest BCUT2D eigenvalue weighted by Gasteiger charge is -2.34. The standard InChI is InChI=1S/C26H28FN3O4/c1-26(2)12-20(26)25(33)29-19-5-3-4-16(11-19)17-6-7-22(18(10-17)13-28)34-23-8-9-30(14-21(23)27)24(32)15-31/h3-7,10-11,20-21,23,31H,8-9,12,14-15H2,1-2H3,(H,29,33)/t20-,21-,23+/m1/s1. The van der Waals surface area contributed by atoms with Gasteiger partial charge in [0.15, 0.2) is 6.17 Å². The first-order valence-corrected chi connectivity index (χ1v) is 11.4. The molecule has 4 rings (SSSR count). The minimum atomic E-state index is -1.42. The monoisotopic (exact) mass is 465 g/mol. The highest BCUT2D eigenvalue weighted by molar-refractivity contribution is 5.95. The van der Waals surface area contributed by atoms with Gasteiger partial charge in [-0.05, 0) is 47.2 Å². The van der Waals surface area contributed by atoms with Crippen LogP contribution in [0.1, 0.15) is 32.3 Å². The molecule has 0 spiro atoms. The third kappa shape index (κ3) is 5.05. The smallest absolute Gasteiger partial charge is 0.248 e. The number of piperidine rings is 1. The van der Waals surface area contributed by atoms with E-state index in [-0.39, 0.29) is 48.1 Å². The van der Waals surface area contributed by atoms with Crippen molar-refractivity contribution in [2.24, 2.45) is 11.3 Å². The lowest BCUT2D eigenvalue weighted by Crippen LogP contribution is -2.50. The zero-order valence-corrected chi connectivity index (χ0v) is 19.3. The number of hydrogen-bond donors (Lipinski definition) is 2. The molecule has 3 atom stereocenters. The Hall–Kier alpha value is -3.44. The lowest BCUT2D eigenvalue weighted by atomic mass is 10.0. The molecular weight excluding hydrogens is 437 g/mol. The van der Waals surface area contributed by atoms with E-state index in [0.717, 1.165) is 17.5 Å². The van der Waals surface area contributed by atoms with Crippen molar-refractivity contribution in [2.45, 2.75) is 39.0 Å². The topological polar surface area (TPSA) is 103 Å². The summed E-state index contributed by atoms with van der Waals surface area (Å²) in [6, 6.07) is 14.6. The normalized spacial score (nSPS) is 23.0. The van der Waals surface area contributed by atoms with Gasteiger partial charge in [-0.1, -0.05) is 32.0 Å². The molecule has 2 aromatic carbocycles. The van der Waals surface area contributed by atoms with Gasteiger partial charge in [0.2, 0.25) is 11.8 Å². The fourth-order valence-corrected chi connectivity index (χ4v) is 4.33. The van der Waals surface area contributed by atoms with Crippen LogP contribution in [0.2, 0.25) is 0 Å². The number of likely N-dealkylation sites (tertiary alicyclic amines) is 1. The first kappa shape index (κ1) is 23.7. The average molecular weight is 466 g/mol. The van der Waals surface area contributed by atoms with Gasteiger partial charge < -0.3 is 20.1 Å². The molecule has 1 saturated carbocycles. The highest BCUT2D eigenvalue weighted by atomic mass is 19.1. The summed E-state index contributed by atoms with van der Waals surface area (Å²) in [7, 11) is 0. The number of rotatable bonds is 6. The molecule has 34 heavy (non-hydrogen) atoms. The number of carbonyl (C=O) groups excluding carboxylic acids is 2. The van der Waals surface area contributed by atoms with Crippen LogP contribution >= 0.6 is 0 Å². The number of benzene rings is 2. The molecular formula is C26H28FN3O4. The fourth-order valence-electron chi connectivity index (χ4n) is 4.33. The average Bonchev–Trinajstić information content (AvgIpc) is 3.48. The third-order valence-electron chi connectivity index (χ3n) is 6.64. The number of nitrogens with zero attached hydrogens (tertiary/aromatic N) is 2. The molecule has 0 bridgehead atoms. The molecule has 2 amide bonds. The van der Waals surface area contributed by atoms with Crippen LogP contribution in [0.3, 0.4) is 0 Å². The van der Waals surface area contributed by atoms with E-state index in [2.05, 4.69) is 25.2 Å². The van der Waals surface area contributed by atoms with Crippen LogP contribution in [0.4, 0.5) is 10.1 Å². The molecule has 1 heterocycles. The number of aliphatic hydroxyl groups is 1. The van der Waals surface area contributed by atoms with E-state index in [9.17, 15) is 19.2 Å². The zero-order valence-electron chi connectivity index (χ0n) is 19.3. The molecule has 2 aromatic rings. The Morgan fingerprint density at radius 1 is 1.26 bits per heavy atom. The highest BCUT2D eigenvalue weighted by Gasteiger charge is 2.50. The summed E-state index contributed by atoms with van der Waals surface area (Å²) < 4.78 is 20.4. The highest BCUT2D eigenvalue weighted by Crippen LogP contribution is 2.52. The minimum absolute atomic E-state index is 0.0103. The Kier molecular flexibility index (Phi) is 6.58. The van der Waals surface area contributed by atoms with Crippen molar-refractivity contribution in [3.63, 3.8) is 0 Å². The van der Waals surface area contributed by atoms with Crippen LogP contribution in [-0.2, 0) is 9.59 Å². The van der Waals surface area contributed by atoms with Crippen LogP contribution in [-0.4, -0.2) is 53.8 Å². The number of amides is 2. The van der Waals surface area contributed by atoms with Gasteiger partial charge in [0.1, 0.15) is 24.5 Å². The van der Waals surface area contributed by atoms with Crippen molar-refractivity contribution >= 4 is 17.5 Å². The molecule has 1 saturated heterocycles. The first-order chi connectivity index (χ1) is 16.2. The Labute approximate surface area is 198 Å². The molecule has 1 aliphatic heterocycles. The van der Waals surface area contributed by atoms with Crippen molar-refractivity contribution in [3.8, 4) is 22.9 Å². The predicted octanol–water partition coefficient (Wildman–Crippen LogP) is 3.52. The number of nitrogens with one attached hydrogen (secondary N) is 1. The Morgan fingerprint density at radius 2 is 2.00 bits per heavy atom. The van der Waals surface area contributed by atoms with Crippen molar-refractivity contribution in [3.05, 3.63) is 48.0 Å². The predicted molar refractivity (Wildman–Crippen MR) is 125 cm³/mol. The molecule has 2 N–H and O–H groups in total. The van der Waals surface area contributed by atoms with E-state index in [0.29, 0.717) is 5.69 Å². The zero-order chi connectivity index (χ0) is 24.5. The van der Waals surface area contributed by atoms with Gasteiger partial charge >= 0.3 is 0 Å². The maximum atomic E-state index is 14.6. The van der Waals surface area contributed by atoms with Crippen molar-refractivity contribution in [1.29, 1.82) is 5.26 Å². The van der Waals surface area contributed by atoms with Gasteiger partial charge in [-0.2, -0.15) is 5.26 Å². The van der Waals surface area contributed by atoms with Crippen LogP contribution in [0, 0.1) is 22.7 Å². The summed E-state index contributed by atoms with van der Waals surface area (Å²) in [5, 5.41) is 21.6. The van der Waals surface area contributed by atoms with E-state index in [1.807, 2.05) is 24.3 Å². The van der Waals surface area contributed by atoms with E-state index in [4.69, 9.17) is 9.84 Å². The quantitative estimate of drug-likeness (QED) is 0.680. The van der Waals surface area contributed by atoms with E-state index < -0.39 is 24.8 Å². The van der Waals surface area contributed by atoms with Crippen molar-refractivity contribution in [2.75, 3.05) is 25.0 Å². The third-order valence-corrected chi connectivity index (χ3v) is 6.64. The number of aliphatic hydroxyl groups excluding tert-OH is 1. The van der Waals surface area contributed by atoms with Crippen LogP contribution in [0.25, 0.3) is 11.1 Å². The fraction of sp³-hybridized carbons (Fsp3) is 0.423. The number of hydrogen-bond acceptors (Lipinski definition) is 5. The number of anilines is 1. The van der Waals surface area contributed by atoms with Crippen LogP contribution in [0.5, 0.6) is 5.75 Å². The molecule has 1 aliphatic carbocycles. The van der Waals surface area contributed by atoms with E-state index in [1.54, 1.807) is 18.2 Å². The lowest BCUT2D eigenvalue weighted by molar-refractivity contribution is -0.138. The summed E-state index contributed by atoms with van der Waals surface area (Å²) >= 11 is 0. The Bertz CT molecular complexity index is 1140. The number of halogens is 1. The number of ether oxygens (including phenoxy) is 1. The van der Waals surface area contributed by atoms with Crippen molar-refractivity contribution < 1.29 is 23.8 Å². The van der Waals surface area contributed by atoms with Gasteiger partial charge in [0.05, 0.1) is 12.1 Å². The second kappa shape index (κ2) is 9.43. The summed E-state index contributed by atoms with van der Waals surface area (Å²) in [4.78, 5) is 25.3. The molecule has 7 nitrogen and oxygen atoms in total. The SMILES string of the molecule is CC1(C)C[C@@H]1C(=O)Nc1cccc(-c2ccc(O[C@H]3CCN(C(=O)CO)C[C@H]3F)c(C#N)c2)c1. The molecule has 0 aromatic heterocycles. The molecule has 2 aliphatic rings. The van der Waals surface area contributed by atoms with Crippen molar-refractivity contribution in [1.82, 2.24) is 4.90 Å². The summed E-state index contributed by atoms with van der Waals surface area (Å²) in [6.07, 6.45) is -1.07. The first-order valence-electron chi connectivity index (χ1n) is 11.4. The van der Waals surface area contributed by atoms with Crippen LogP contribution < -0.4 is 10.1 Å². The van der Waals surface area contributed by atoms with Gasteiger partial charge in [-0.15, -0.1) is 0 Å². The van der Waals surface area contributed by atoms with Crippen LogP contribution in [0.15, 0.2) is 42.5 Å². The van der Waals surface area contributed by atoms with E-state index in [1.165, 1.54) is 4.90 Å². The second-order valence-corrected chi connectivity index (χ2v) is 9.60. The summed E-state index contributed by atoms with van der Waals surface area (Å²) in [5.74, 6) is -0.203. The number of nitriles is 1. The molecule has 0 radical (unpaired) electrons. The molecule has 0 unspecified atom stereocenters. The number of alkyl halides is 1. The maximum absolute atomic E-state index is 14.6. The Balaban J connectivity index is 1.46. The van der Waals surface area contributed by atoms with Gasteiger partial charge in [-0.3, -0.25) is 9.59 Å². The molecule has 8 heteroatoms. The molecule has 178 valence electrons. The summed E-state index contributed by atoms with van der Waals surface area (Å²) in [6.45, 7) is 3.62. The largest absolute Gasteiger partial charge is 0.486 e. The molecule has 2 fully saturated rings. The summed E-state index contributed by atoms with van der Waals surface area (Å²) in [5.41, 5.74) is 2.60. The van der Waals surface area contributed by atoms with Gasteiger partial charge in [0.25, 0.3) is 0 Å². The van der Waals surface area contributed by atoms with E-state index >= 15 is 0 Å². The van der Waals surface area contributed by atoms with Gasteiger partial charge in [0, 0.05) is 24.6 Å².